The van der Waals surface area contributed by atoms with Gasteiger partial charge in [0, 0.05) is 45.0 Å². The number of anilines is 1. The number of hydrogen-bond acceptors (Lipinski definition) is 3. The van der Waals surface area contributed by atoms with Crippen LogP contribution in [0.3, 0.4) is 0 Å². The van der Waals surface area contributed by atoms with Gasteiger partial charge in [0.15, 0.2) is 0 Å². The first-order valence-corrected chi connectivity index (χ1v) is 10.6. The van der Waals surface area contributed by atoms with Crippen LogP contribution in [0, 0.1) is 0 Å². The van der Waals surface area contributed by atoms with Crippen molar-refractivity contribution in [1.29, 1.82) is 0 Å². The van der Waals surface area contributed by atoms with E-state index in [-0.39, 0.29) is 24.2 Å². The summed E-state index contributed by atoms with van der Waals surface area (Å²) in [6.07, 6.45) is 8.34. The van der Waals surface area contributed by atoms with Gasteiger partial charge >= 0.3 is 11.8 Å². The highest BCUT2D eigenvalue weighted by Crippen LogP contribution is 2.21. The molecule has 156 valence electrons. The van der Waals surface area contributed by atoms with Crippen molar-refractivity contribution in [3.8, 4) is 0 Å². The molecule has 0 radical (unpaired) electrons. The van der Waals surface area contributed by atoms with Crippen LogP contribution in [-0.4, -0.2) is 54.3 Å². The Morgan fingerprint density at radius 2 is 1.43 bits per heavy atom. The fourth-order valence-corrected chi connectivity index (χ4v) is 3.99. The fraction of sp³-hybridized carbons (Fsp3) is 0.636. The van der Waals surface area contributed by atoms with Gasteiger partial charge in [0.2, 0.25) is 0 Å². The van der Waals surface area contributed by atoms with Crippen LogP contribution in [-0.2, 0) is 16.1 Å². The number of rotatable bonds is 8. The number of benzene rings is 1. The standard InChI is InChI=1S/C22H33N3O2.ClH/c1-2-3-4-6-15-24-16-17-25(22(27)21(24)26)18-19-9-11-20(12-10-19)23-13-7-5-8-14-23;/h9-12H,2-8,13-18H2,1H3;1H. The average molecular weight is 408 g/mol. The van der Waals surface area contributed by atoms with Crippen LogP contribution in [0.5, 0.6) is 0 Å². The van der Waals surface area contributed by atoms with Crippen LogP contribution in [0.2, 0.25) is 0 Å². The number of carbonyl (C=O) groups excluding carboxylic acids is 2. The Morgan fingerprint density at radius 1 is 0.786 bits per heavy atom. The van der Waals surface area contributed by atoms with Crippen molar-refractivity contribution >= 4 is 29.9 Å². The lowest BCUT2D eigenvalue weighted by atomic mass is 10.1. The summed E-state index contributed by atoms with van der Waals surface area (Å²) in [7, 11) is 0. The molecule has 1 aromatic carbocycles. The summed E-state index contributed by atoms with van der Waals surface area (Å²) in [5.74, 6) is -0.681. The smallest absolute Gasteiger partial charge is 0.312 e. The Bertz CT molecular complexity index is 629. The molecule has 2 heterocycles. The number of amides is 2. The van der Waals surface area contributed by atoms with Crippen molar-refractivity contribution in [2.45, 2.75) is 58.4 Å². The fourth-order valence-electron chi connectivity index (χ4n) is 3.99. The molecule has 6 heteroatoms. The molecular weight excluding hydrogens is 374 g/mol. The maximum atomic E-state index is 12.5. The average Bonchev–Trinajstić information content (AvgIpc) is 2.71. The SMILES string of the molecule is CCCCCCN1CCN(Cc2ccc(N3CCCCC3)cc2)C(=O)C1=O.Cl. The van der Waals surface area contributed by atoms with E-state index in [1.165, 1.54) is 37.8 Å². The van der Waals surface area contributed by atoms with Crippen molar-refractivity contribution in [2.24, 2.45) is 0 Å². The molecule has 5 nitrogen and oxygen atoms in total. The first kappa shape index (κ1) is 22.5. The molecule has 0 aromatic heterocycles. The molecule has 0 unspecified atom stereocenters. The van der Waals surface area contributed by atoms with Crippen LogP contribution in [0.1, 0.15) is 57.4 Å². The Morgan fingerprint density at radius 3 is 2.11 bits per heavy atom. The summed E-state index contributed by atoms with van der Waals surface area (Å²) < 4.78 is 0. The number of carbonyl (C=O) groups is 2. The van der Waals surface area contributed by atoms with Crippen molar-refractivity contribution in [3.63, 3.8) is 0 Å². The Kier molecular flexibility index (Phi) is 9.10. The number of hydrogen-bond donors (Lipinski definition) is 0. The van der Waals surface area contributed by atoms with E-state index in [1.807, 2.05) is 0 Å². The van der Waals surface area contributed by atoms with E-state index < -0.39 is 0 Å². The minimum Gasteiger partial charge on any atom is -0.372 e. The Hall–Kier alpha value is -1.75. The minimum absolute atomic E-state index is 0. The van der Waals surface area contributed by atoms with Gasteiger partial charge in [-0.25, -0.2) is 0 Å². The summed E-state index contributed by atoms with van der Waals surface area (Å²) in [5.41, 5.74) is 2.35. The van der Waals surface area contributed by atoms with E-state index >= 15 is 0 Å². The summed E-state index contributed by atoms with van der Waals surface area (Å²) in [6.45, 7) is 6.96. The lowest BCUT2D eigenvalue weighted by molar-refractivity contribution is -0.156. The summed E-state index contributed by atoms with van der Waals surface area (Å²) in [6, 6.07) is 8.49. The van der Waals surface area contributed by atoms with Crippen molar-refractivity contribution < 1.29 is 9.59 Å². The van der Waals surface area contributed by atoms with Gasteiger partial charge in [0.25, 0.3) is 0 Å². The second-order valence-electron chi connectivity index (χ2n) is 7.79. The lowest BCUT2D eigenvalue weighted by Crippen LogP contribution is -2.54. The van der Waals surface area contributed by atoms with Crippen LogP contribution in [0.15, 0.2) is 24.3 Å². The molecule has 0 N–H and O–H groups in total. The second-order valence-corrected chi connectivity index (χ2v) is 7.79. The third-order valence-electron chi connectivity index (χ3n) is 5.71. The molecule has 0 saturated carbocycles. The Balaban J connectivity index is 0.00000280. The molecule has 0 bridgehead atoms. The normalized spacial score (nSPS) is 17.7. The molecule has 2 saturated heterocycles. The maximum absolute atomic E-state index is 12.5. The monoisotopic (exact) mass is 407 g/mol. The summed E-state index contributed by atoms with van der Waals surface area (Å²) in [5, 5.41) is 0. The third kappa shape index (κ3) is 5.87. The third-order valence-corrected chi connectivity index (χ3v) is 5.71. The van der Waals surface area contributed by atoms with E-state index in [0.717, 1.165) is 31.5 Å². The van der Waals surface area contributed by atoms with Gasteiger partial charge in [0.1, 0.15) is 0 Å². The van der Waals surface area contributed by atoms with Crippen molar-refractivity contribution in [3.05, 3.63) is 29.8 Å². The van der Waals surface area contributed by atoms with Gasteiger partial charge in [-0.2, -0.15) is 0 Å². The highest BCUT2D eigenvalue weighted by atomic mass is 35.5. The Labute approximate surface area is 175 Å². The topological polar surface area (TPSA) is 43.9 Å². The molecular formula is C22H34ClN3O2. The largest absolute Gasteiger partial charge is 0.372 e. The molecule has 1 aromatic rings. The molecule has 28 heavy (non-hydrogen) atoms. The van der Waals surface area contributed by atoms with Gasteiger partial charge in [-0.3, -0.25) is 9.59 Å². The van der Waals surface area contributed by atoms with Crippen LogP contribution < -0.4 is 4.90 Å². The first-order valence-electron chi connectivity index (χ1n) is 10.6. The zero-order chi connectivity index (χ0) is 19.1. The maximum Gasteiger partial charge on any atom is 0.312 e. The highest BCUT2D eigenvalue weighted by Gasteiger charge is 2.31. The predicted octanol–water partition coefficient (Wildman–Crippen LogP) is 3.85. The quantitative estimate of drug-likeness (QED) is 0.485. The van der Waals surface area contributed by atoms with E-state index in [4.69, 9.17) is 0 Å². The number of halogens is 1. The summed E-state index contributed by atoms with van der Waals surface area (Å²) >= 11 is 0. The molecule has 2 aliphatic heterocycles. The van der Waals surface area contributed by atoms with Gasteiger partial charge in [-0.05, 0) is 43.4 Å². The van der Waals surface area contributed by atoms with E-state index in [0.29, 0.717) is 26.2 Å². The van der Waals surface area contributed by atoms with Gasteiger partial charge in [-0.15, -0.1) is 12.4 Å². The van der Waals surface area contributed by atoms with E-state index in [9.17, 15) is 9.59 Å². The number of piperidine rings is 1. The predicted molar refractivity (Wildman–Crippen MR) is 116 cm³/mol. The first-order chi connectivity index (χ1) is 13.2. The molecule has 2 fully saturated rings. The van der Waals surface area contributed by atoms with Gasteiger partial charge in [0.05, 0.1) is 0 Å². The molecule has 2 amide bonds. The minimum atomic E-state index is -0.350. The van der Waals surface area contributed by atoms with Crippen LogP contribution >= 0.6 is 12.4 Å². The van der Waals surface area contributed by atoms with E-state index in [1.54, 1.807) is 9.80 Å². The number of unbranched alkanes of at least 4 members (excludes halogenated alkanes) is 3. The van der Waals surface area contributed by atoms with Crippen molar-refractivity contribution in [2.75, 3.05) is 37.6 Å². The zero-order valence-corrected chi connectivity index (χ0v) is 17.9. The van der Waals surface area contributed by atoms with Gasteiger partial charge < -0.3 is 14.7 Å². The van der Waals surface area contributed by atoms with Gasteiger partial charge in [-0.1, -0.05) is 38.3 Å². The number of piperazine rings is 1. The molecule has 3 rings (SSSR count). The van der Waals surface area contributed by atoms with Crippen LogP contribution in [0.25, 0.3) is 0 Å². The zero-order valence-electron chi connectivity index (χ0n) is 17.1. The van der Waals surface area contributed by atoms with Crippen molar-refractivity contribution in [1.82, 2.24) is 9.80 Å². The molecule has 2 aliphatic rings. The highest BCUT2D eigenvalue weighted by molar-refractivity contribution is 6.35. The van der Waals surface area contributed by atoms with E-state index in [2.05, 4.69) is 36.1 Å². The molecule has 0 aliphatic carbocycles. The summed E-state index contributed by atoms with van der Waals surface area (Å²) in [4.78, 5) is 30.7. The number of nitrogens with zero attached hydrogens (tertiary/aromatic N) is 3. The lowest BCUT2D eigenvalue weighted by Gasteiger charge is -2.34. The molecule has 0 spiro atoms. The second kappa shape index (κ2) is 11.3. The van der Waals surface area contributed by atoms with Crippen LogP contribution in [0.4, 0.5) is 5.69 Å². The molecule has 0 atom stereocenters.